The molecule has 1 aliphatic carbocycles. The van der Waals surface area contributed by atoms with Crippen molar-refractivity contribution in [1.29, 1.82) is 0 Å². The number of phenolic OH excluding ortho intramolecular Hbond substituents is 1. The summed E-state index contributed by atoms with van der Waals surface area (Å²) in [5.41, 5.74) is 3.34. The Morgan fingerprint density at radius 3 is 2.74 bits per heavy atom. The van der Waals surface area contributed by atoms with Crippen molar-refractivity contribution in [2.45, 2.75) is 25.2 Å². The number of aromatic nitrogens is 2. The lowest BCUT2D eigenvalue weighted by Gasteiger charge is -2.28. The van der Waals surface area contributed by atoms with E-state index >= 15 is 0 Å². The number of hydrogen-bond donors (Lipinski definition) is 2. The minimum Gasteiger partial charge on any atom is -0.506 e. The number of halogens is 1. The average molecular weight is 358 g/mol. The van der Waals surface area contributed by atoms with Gasteiger partial charge in [-0.05, 0) is 36.5 Å². The van der Waals surface area contributed by atoms with Crippen molar-refractivity contribution in [1.82, 2.24) is 9.55 Å². The van der Waals surface area contributed by atoms with E-state index in [-0.39, 0.29) is 24.1 Å². The number of aryl methyl sites for hydroxylation is 1. The van der Waals surface area contributed by atoms with Crippen LogP contribution in [0.5, 0.6) is 5.75 Å². The van der Waals surface area contributed by atoms with E-state index in [2.05, 4.69) is 9.71 Å². The molecule has 0 radical (unpaired) electrons. The zero-order valence-electron chi connectivity index (χ0n) is 13.0. The van der Waals surface area contributed by atoms with E-state index in [1.165, 1.54) is 0 Å². The monoisotopic (exact) mass is 357 g/mol. The van der Waals surface area contributed by atoms with Crippen LogP contribution < -0.4 is 4.72 Å². The van der Waals surface area contributed by atoms with Gasteiger partial charge in [-0.2, -0.15) is 0 Å². The van der Waals surface area contributed by atoms with Crippen molar-refractivity contribution in [2.75, 3.05) is 11.0 Å². The predicted molar refractivity (Wildman–Crippen MR) is 91.8 cm³/mol. The number of benzene rings is 1. The highest BCUT2D eigenvalue weighted by Crippen LogP contribution is 2.42. The van der Waals surface area contributed by atoms with Crippen LogP contribution in [0.2, 0.25) is 0 Å². The molecule has 2 aromatic rings. The Bertz CT molecular complexity index is 817. The number of hydrogen-bond acceptors (Lipinski definition) is 4. The first-order chi connectivity index (χ1) is 10.4. The zero-order valence-corrected chi connectivity index (χ0v) is 14.6. The van der Waals surface area contributed by atoms with Gasteiger partial charge in [-0.1, -0.05) is 6.07 Å². The van der Waals surface area contributed by atoms with Crippen molar-refractivity contribution in [3.05, 3.63) is 41.5 Å². The van der Waals surface area contributed by atoms with Gasteiger partial charge in [0.05, 0.1) is 18.3 Å². The molecular formula is C15H20ClN3O3S. The molecule has 1 unspecified atom stereocenters. The summed E-state index contributed by atoms with van der Waals surface area (Å²) < 4.78 is 27.6. The van der Waals surface area contributed by atoms with Crippen molar-refractivity contribution in [3.8, 4) is 5.75 Å². The summed E-state index contributed by atoms with van der Waals surface area (Å²) in [6, 6.07) is 3.44. The lowest BCUT2D eigenvalue weighted by Crippen LogP contribution is -2.18. The van der Waals surface area contributed by atoms with Crippen molar-refractivity contribution >= 4 is 28.1 Å². The third-order valence-corrected chi connectivity index (χ3v) is 4.70. The largest absolute Gasteiger partial charge is 0.506 e. The molecule has 126 valence electrons. The third kappa shape index (κ3) is 3.45. The van der Waals surface area contributed by atoms with Crippen LogP contribution in [-0.2, 0) is 23.5 Å². The lowest BCUT2D eigenvalue weighted by atomic mass is 9.80. The molecule has 0 spiro atoms. The topological polar surface area (TPSA) is 84.2 Å². The van der Waals surface area contributed by atoms with Gasteiger partial charge >= 0.3 is 0 Å². The molecule has 3 rings (SSSR count). The zero-order chi connectivity index (χ0) is 15.9. The number of rotatable bonds is 3. The van der Waals surface area contributed by atoms with E-state index in [0.717, 1.165) is 42.3 Å². The summed E-state index contributed by atoms with van der Waals surface area (Å²) in [4.78, 5) is 4.17. The smallest absolute Gasteiger partial charge is 0.229 e. The minimum atomic E-state index is -3.44. The number of nitrogens with zero attached hydrogens (tertiary/aromatic N) is 2. The summed E-state index contributed by atoms with van der Waals surface area (Å²) in [6.45, 7) is 0. The van der Waals surface area contributed by atoms with Gasteiger partial charge in [0, 0.05) is 24.9 Å². The quantitative estimate of drug-likeness (QED) is 0.826. The second kappa shape index (κ2) is 6.41. The summed E-state index contributed by atoms with van der Waals surface area (Å²) in [7, 11) is -1.49. The van der Waals surface area contributed by atoms with Gasteiger partial charge < -0.3 is 9.67 Å². The molecule has 1 aromatic heterocycles. The molecule has 0 aliphatic heterocycles. The average Bonchev–Trinajstić information content (AvgIpc) is 2.86. The molecule has 6 nitrogen and oxygen atoms in total. The molecule has 0 saturated carbocycles. The lowest BCUT2D eigenvalue weighted by molar-refractivity contribution is 0.475. The van der Waals surface area contributed by atoms with Gasteiger partial charge in [0.1, 0.15) is 5.75 Å². The molecule has 0 fully saturated rings. The van der Waals surface area contributed by atoms with Gasteiger partial charge in [0.25, 0.3) is 0 Å². The molecule has 8 heteroatoms. The maximum Gasteiger partial charge on any atom is 0.229 e. The fourth-order valence-corrected chi connectivity index (χ4v) is 3.79. The molecule has 1 aromatic carbocycles. The molecular weight excluding hydrogens is 338 g/mol. The first-order valence-corrected chi connectivity index (χ1v) is 9.04. The van der Waals surface area contributed by atoms with Crippen LogP contribution >= 0.6 is 12.4 Å². The van der Waals surface area contributed by atoms with E-state index in [1.54, 1.807) is 12.4 Å². The number of aromatic hydroxyl groups is 1. The van der Waals surface area contributed by atoms with Crippen molar-refractivity contribution in [2.24, 2.45) is 7.05 Å². The summed E-state index contributed by atoms with van der Waals surface area (Å²) >= 11 is 0. The van der Waals surface area contributed by atoms with Gasteiger partial charge in [-0.15, -0.1) is 12.4 Å². The van der Waals surface area contributed by atoms with Crippen LogP contribution in [0.3, 0.4) is 0 Å². The Balaban J connectivity index is 0.00000192. The highest BCUT2D eigenvalue weighted by atomic mass is 35.5. The van der Waals surface area contributed by atoms with Crippen LogP contribution in [0.15, 0.2) is 24.7 Å². The Hall–Kier alpha value is -1.73. The van der Waals surface area contributed by atoms with Crippen LogP contribution in [0.25, 0.3) is 0 Å². The van der Waals surface area contributed by atoms with E-state index in [0.29, 0.717) is 5.69 Å². The molecule has 1 heterocycles. The second-order valence-corrected chi connectivity index (χ2v) is 7.52. The SMILES string of the molecule is Cl.Cn1cncc1C1CCCc2c1ccc(O)c2NS(C)(=O)=O. The molecule has 23 heavy (non-hydrogen) atoms. The fourth-order valence-electron chi connectivity index (χ4n) is 3.20. The molecule has 0 amide bonds. The van der Waals surface area contributed by atoms with Gasteiger partial charge in [0.15, 0.2) is 0 Å². The molecule has 2 N–H and O–H groups in total. The van der Waals surface area contributed by atoms with E-state index in [1.807, 2.05) is 23.9 Å². The number of phenols is 1. The van der Waals surface area contributed by atoms with Crippen molar-refractivity contribution in [3.63, 3.8) is 0 Å². The maximum atomic E-state index is 11.6. The van der Waals surface area contributed by atoms with Crippen LogP contribution in [0.4, 0.5) is 5.69 Å². The van der Waals surface area contributed by atoms with Crippen LogP contribution in [-0.4, -0.2) is 29.3 Å². The first-order valence-electron chi connectivity index (χ1n) is 7.15. The highest BCUT2D eigenvalue weighted by Gasteiger charge is 2.27. The van der Waals surface area contributed by atoms with Gasteiger partial charge in [-0.25, -0.2) is 13.4 Å². The molecule has 1 aliphatic rings. The molecule has 0 saturated heterocycles. The Morgan fingerprint density at radius 1 is 1.39 bits per heavy atom. The second-order valence-electron chi connectivity index (χ2n) is 5.78. The number of fused-ring (bicyclic) bond motifs is 1. The van der Waals surface area contributed by atoms with Gasteiger partial charge in [-0.3, -0.25) is 4.72 Å². The maximum absolute atomic E-state index is 11.6. The minimum absolute atomic E-state index is 0. The first kappa shape index (κ1) is 17.6. The number of anilines is 1. The number of sulfonamides is 1. The fraction of sp³-hybridized carbons (Fsp3) is 0.400. The van der Waals surface area contributed by atoms with E-state index < -0.39 is 10.0 Å². The number of nitrogens with one attached hydrogen (secondary N) is 1. The van der Waals surface area contributed by atoms with E-state index in [9.17, 15) is 13.5 Å². The normalized spacial score (nSPS) is 17.2. The van der Waals surface area contributed by atoms with Gasteiger partial charge in [0.2, 0.25) is 10.0 Å². The Labute approximate surface area is 142 Å². The highest BCUT2D eigenvalue weighted by molar-refractivity contribution is 7.92. The summed E-state index contributed by atoms with van der Waals surface area (Å²) in [5, 5.41) is 10.1. The van der Waals surface area contributed by atoms with Crippen LogP contribution in [0, 0.1) is 0 Å². The van der Waals surface area contributed by atoms with Crippen LogP contribution in [0.1, 0.15) is 35.6 Å². The summed E-state index contributed by atoms with van der Waals surface area (Å²) in [5.74, 6) is 0.131. The molecule has 1 atom stereocenters. The predicted octanol–water partition coefficient (Wildman–Crippen LogP) is 2.39. The standard InChI is InChI=1S/C15H19N3O3S.ClH/c1-18-9-16-8-13(18)11-4-3-5-12-10(11)6-7-14(19)15(12)17-22(2,20)21;/h6-9,11,17,19H,3-5H2,1-2H3;1H. The Kier molecular flexibility index (Phi) is 4.91. The summed E-state index contributed by atoms with van der Waals surface area (Å²) in [6.07, 6.45) is 7.36. The van der Waals surface area contributed by atoms with E-state index in [4.69, 9.17) is 0 Å². The number of imidazole rings is 1. The Morgan fingerprint density at radius 2 is 2.13 bits per heavy atom. The molecule has 0 bridgehead atoms. The third-order valence-electron chi connectivity index (χ3n) is 4.12. The van der Waals surface area contributed by atoms with Crippen molar-refractivity contribution < 1.29 is 13.5 Å².